The van der Waals surface area contributed by atoms with Gasteiger partial charge < -0.3 is 10.4 Å². The molecule has 0 unspecified atom stereocenters. The van der Waals surface area contributed by atoms with E-state index in [9.17, 15) is 4.79 Å². The van der Waals surface area contributed by atoms with E-state index >= 15 is 0 Å². The van der Waals surface area contributed by atoms with Gasteiger partial charge in [0.2, 0.25) is 5.91 Å². The average molecular weight is 197 g/mol. The number of aliphatic hydroxyl groups excluding tert-OH is 1. The highest BCUT2D eigenvalue weighted by molar-refractivity contribution is 7.08. The zero-order valence-electron chi connectivity index (χ0n) is 7.06. The number of nitrogens with one attached hydrogen (secondary N) is 1. The topological polar surface area (TPSA) is 49.3 Å². The number of thiophene rings is 1. The van der Waals surface area contributed by atoms with Crippen molar-refractivity contribution in [2.45, 2.75) is 0 Å². The van der Waals surface area contributed by atoms with E-state index in [4.69, 9.17) is 5.11 Å². The van der Waals surface area contributed by atoms with Crippen LogP contribution in [0.1, 0.15) is 5.56 Å². The monoisotopic (exact) mass is 197 g/mol. The fraction of sp³-hybridized carbons (Fsp3) is 0.222. The molecule has 70 valence electrons. The molecule has 0 radical (unpaired) electrons. The van der Waals surface area contributed by atoms with Crippen LogP contribution in [0, 0.1) is 0 Å². The Morgan fingerprint density at radius 2 is 2.54 bits per heavy atom. The first-order valence-electron chi connectivity index (χ1n) is 3.92. The van der Waals surface area contributed by atoms with Crippen molar-refractivity contribution in [1.82, 2.24) is 5.32 Å². The summed E-state index contributed by atoms with van der Waals surface area (Å²) in [6.07, 6.45) is 3.20. The summed E-state index contributed by atoms with van der Waals surface area (Å²) in [6, 6.07) is 1.93. The third-order valence-corrected chi connectivity index (χ3v) is 2.08. The Labute approximate surface area is 80.7 Å². The van der Waals surface area contributed by atoms with Gasteiger partial charge >= 0.3 is 0 Å². The molecule has 2 N–H and O–H groups in total. The van der Waals surface area contributed by atoms with E-state index in [1.165, 1.54) is 6.08 Å². The molecule has 0 aliphatic carbocycles. The summed E-state index contributed by atoms with van der Waals surface area (Å²) in [5.74, 6) is -0.180. The summed E-state index contributed by atoms with van der Waals surface area (Å²) in [4.78, 5) is 11.0. The van der Waals surface area contributed by atoms with Gasteiger partial charge in [0.15, 0.2) is 0 Å². The molecule has 0 atom stereocenters. The molecule has 1 aromatic heterocycles. The van der Waals surface area contributed by atoms with Crippen LogP contribution in [0.25, 0.3) is 6.08 Å². The summed E-state index contributed by atoms with van der Waals surface area (Å²) in [5.41, 5.74) is 1.02. The van der Waals surface area contributed by atoms with Crippen molar-refractivity contribution < 1.29 is 9.90 Å². The number of aliphatic hydroxyl groups is 1. The lowest BCUT2D eigenvalue weighted by Gasteiger charge is -1.95. The molecule has 0 aliphatic heterocycles. The molecule has 0 saturated heterocycles. The molecule has 1 amide bonds. The van der Waals surface area contributed by atoms with Gasteiger partial charge in [0, 0.05) is 12.6 Å². The van der Waals surface area contributed by atoms with Crippen LogP contribution in [0.3, 0.4) is 0 Å². The van der Waals surface area contributed by atoms with Gasteiger partial charge in [-0.1, -0.05) is 0 Å². The summed E-state index contributed by atoms with van der Waals surface area (Å²) >= 11 is 1.59. The predicted octanol–water partition coefficient (Wildman–Crippen LogP) is 0.870. The maximum absolute atomic E-state index is 11.0. The third kappa shape index (κ3) is 3.87. The van der Waals surface area contributed by atoms with Gasteiger partial charge in [0.05, 0.1) is 6.61 Å². The van der Waals surface area contributed by atoms with Gasteiger partial charge in [-0.2, -0.15) is 11.3 Å². The standard InChI is InChI=1S/C9H11NO2S/c11-5-4-10-9(12)2-1-8-3-6-13-7-8/h1-3,6-7,11H,4-5H2,(H,10,12)/b2-1+. The van der Waals surface area contributed by atoms with E-state index in [1.54, 1.807) is 17.4 Å². The number of amides is 1. The van der Waals surface area contributed by atoms with Gasteiger partial charge in [-0.3, -0.25) is 4.79 Å². The molecule has 1 heterocycles. The van der Waals surface area contributed by atoms with E-state index in [0.717, 1.165) is 5.56 Å². The number of carbonyl (C=O) groups is 1. The van der Waals surface area contributed by atoms with Gasteiger partial charge in [-0.05, 0) is 28.5 Å². The number of rotatable bonds is 4. The van der Waals surface area contributed by atoms with Crippen molar-refractivity contribution in [3.8, 4) is 0 Å². The first-order chi connectivity index (χ1) is 6.33. The molecule has 0 spiro atoms. The molecule has 0 bridgehead atoms. The normalized spacial score (nSPS) is 10.5. The lowest BCUT2D eigenvalue weighted by atomic mass is 10.3. The highest BCUT2D eigenvalue weighted by Crippen LogP contribution is 2.07. The van der Waals surface area contributed by atoms with Crippen molar-refractivity contribution >= 4 is 23.3 Å². The van der Waals surface area contributed by atoms with Crippen molar-refractivity contribution in [2.24, 2.45) is 0 Å². The van der Waals surface area contributed by atoms with Crippen LogP contribution in [-0.4, -0.2) is 24.2 Å². The summed E-state index contributed by atoms with van der Waals surface area (Å²) in [7, 11) is 0. The van der Waals surface area contributed by atoms with Crippen LogP contribution >= 0.6 is 11.3 Å². The SMILES string of the molecule is O=C(/C=C/c1ccsc1)NCCO. The molecule has 0 saturated carbocycles. The largest absolute Gasteiger partial charge is 0.395 e. The fourth-order valence-corrected chi connectivity index (χ4v) is 1.41. The Hall–Kier alpha value is -1.13. The molecule has 1 aromatic rings. The van der Waals surface area contributed by atoms with Crippen LogP contribution in [0.5, 0.6) is 0 Å². The maximum Gasteiger partial charge on any atom is 0.244 e. The number of hydrogen-bond donors (Lipinski definition) is 2. The van der Waals surface area contributed by atoms with Gasteiger partial charge in [0.1, 0.15) is 0 Å². The van der Waals surface area contributed by atoms with Crippen LogP contribution in [-0.2, 0) is 4.79 Å². The molecule has 0 aliphatic rings. The van der Waals surface area contributed by atoms with E-state index in [2.05, 4.69) is 5.32 Å². The second kappa shape index (κ2) is 5.50. The third-order valence-electron chi connectivity index (χ3n) is 1.38. The first-order valence-corrected chi connectivity index (χ1v) is 4.86. The molecule has 1 rings (SSSR count). The maximum atomic E-state index is 11.0. The minimum atomic E-state index is -0.180. The van der Waals surface area contributed by atoms with Gasteiger partial charge in [-0.25, -0.2) is 0 Å². The Morgan fingerprint density at radius 3 is 3.15 bits per heavy atom. The van der Waals surface area contributed by atoms with Crippen LogP contribution in [0.15, 0.2) is 22.9 Å². The lowest BCUT2D eigenvalue weighted by molar-refractivity contribution is -0.116. The lowest BCUT2D eigenvalue weighted by Crippen LogP contribution is -2.24. The molecule has 0 fully saturated rings. The van der Waals surface area contributed by atoms with Crippen molar-refractivity contribution in [1.29, 1.82) is 0 Å². The molecule has 4 heteroatoms. The molecule has 3 nitrogen and oxygen atoms in total. The highest BCUT2D eigenvalue weighted by Gasteiger charge is 1.92. The second-order valence-electron chi connectivity index (χ2n) is 2.40. The van der Waals surface area contributed by atoms with Crippen LogP contribution < -0.4 is 5.32 Å². The van der Waals surface area contributed by atoms with Crippen molar-refractivity contribution in [2.75, 3.05) is 13.2 Å². The van der Waals surface area contributed by atoms with Gasteiger partial charge in [0.25, 0.3) is 0 Å². The highest BCUT2D eigenvalue weighted by atomic mass is 32.1. The molecule has 13 heavy (non-hydrogen) atoms. The number of hydrogen-bond acceptors (Lipinski definition) is 3. The van der Waals surface area contributed by atoms with Crippen molar-refractivity contribution in [3.63, 3.8) is 0 Å². The summed E-state index contributed by atoms with van der Waals surface area (Å²) in [5, 5.41) is 14.9. The summed E-state index contributed by atoms with van der Waals surface area (Å²) in [6.45, 7) is 0.269. The summed E-state index contributed by atoms with van der Waals surface area (Å²) < 4.78 is 0. The number of carbonyl (C=O) groups excluding carboxylic acids is 1. The minimum Gasteiger partial charge on any atom is -0.395 e. The Bertz CT molecular complexity index is 280. The van der Waals surface area contributed by atoms with E-state index < -0.39 is 0 Å². The predicted molar refractivity (Wildman–Crippen MR) is 53.4 cm³/mol. The second-order valence-corrected chi connectivity index (χ2v) is 3.18. The van der Waals surface area contributed by atoms with E-state index in [1.807, 2.05) is 16.8 Å². The smallest absolute Gasteiger partial charge is 0.244 e. The molecular formula is C9H11NO2S. The fourth-order valence-electron chi connectivity index (χ4n) is 0.780. The Morgan fingerprint density at radius 1 is 1.69 bits per heavy atom. The Balaban J connectivity index is 2.35. The first kappa shape index (κ1) is 9.95. The molecular weight excluding hydrogens is 186 g/mol. The van der Waals surface area contributed by atoms with E-state index in [0.29, 0.717) is 6.54 Å². The molecule has 0 aromatic carbocycles. The average Bonchev–Trinajstić information content (AvgIpc) is 2.64. The zero-order chi connectivity index (χ0) is 9.52. The van der Waals surface area contributed by atoms with E-state index in [-0.39, 0.29) is 12.5 Å². The quantitative estimate of drug-likeness (QED) is 0.704. The zero-order valence-corrected chi connectivity index (χ0v) is 7.88. The van der Waals surface area contributed by atoms with Crippen LogP contribution in [0.2, 0.25) is 0 Å². The van der Waals surface area contributed by atoms with Crippen molar-refractivity contribution in [3.05, 3.63) is 28.5 Å². The van der Waals surface area contributed by atoms with Gasteiger partial charge in [-0.15, -0.1) is 0 Å². The minimum absolute atomic E-state index is 0.0297. The Kier molecular flexibility index (Phi) is 4.21. The van der Waals surface area contributed by atoms with Crippen LogP contribution in [0.4, 0.5) is 0 Å².